The molecule has 3 nitrogen and oxygen atoms in total. The van der Waals surface area contributed by atoms with Crippen LogP contribution in [0.25, 0.3) is 0 Å². The highest BCUT2D eigenvalue weighted by Gasteiger charge is 2.07. The summed E-state index contributed by atoms with van der Waals surface area (Å²) in [6.45, 7) is 3.54. The van der Waals surface area contributed by atoms with Crippen LogP contribution in [0.1, 0.15) is 22.8 Å². The highest BCUT2D eigenvalue weighted by atomic mass is 79.9. The van der Waals surface area contributed by atoms with E-state index >= 15 is 0 Å². The van der Waals surface area contributed by atoms with Crippen LogP contribution >= 0.6 is 15.9 Å². The molecule has 0 heterocycles. The molecular formula is C15H15BrN2O. The number of carbonyl (C=O) groups is 1. The Morgan fingerprint density at radius 1 is 1.21 bits per heavy atom. The Hall–Kier alpha value is -1.81. The Morgan fingerprint density at radius 2 is 1.95 bits per heavy atom. The fourth-order valence-electron chi connectivity index (χ4n) is 1.83. The molecule has 0 amide bonds. The molecule has 0 bridgehead atoms. The number of halogens is 1. The molecule has 0 aliphatic rings. The van der Waals surface area contributed by atoms with Gasteiger partial charge in [0.25, 0.3) is 0 Å². The Balaban J connectivity index is 2.36. The predicted octanol–water partition coefficient (Wildman–Crippen LogP) is 4.29. The number of hydrogen-bond donors (Lipinski definition) is 2. The Morgan fingerprint density at radius 3 is 2.63 bits per heavy atom. The van der Waals surface area contributed by atoms with Crippen molar-refractivity contribution in [3.8, 4) is 0 Å². The van der Waals surface area contributed by atoms with Gasteiger partial charge in [0, 0.05) is 21.4 Å². The summed E-state index contributed by atoms with van der Waals surface area (Å²) in [5.74, 6) is -0.0375. The molecule has 98 valence electrons. The quantitative estimate of drug-likeness (QED) is 0.655. The van der Waals surface area contributed by atoms with Crippen molar-refractivity contribution in [1.29, 1.82) is 0 Å². The zero-order valence-corrected chi connectivity index (χ0v) is 12.4. The second-order valence-corrected chi connectivity index (χ2v) is 5.32. The largest absolute Gasteiger partial charge is 0.398 e. The van der Waals surface area contributed by atoms with Crippen LogP contribution in [0.2, 0.25) is 0 Å². The minimum absolute atomic E-state index is 0.0375. The lowest BCUT2D eigenvalue weighted by Gasteiger charge is -2.11. The summed E-state index contributed by atoms with van der Waals surface area (Å²) in [6.07, 6.45) is 0. The number of nitrogens with two attached hydrogens (primary N) is 1. The van der Waals surface area contributed by atoms with Crippen molar-refractivity contribution in [1.82, 2.24) is 0 Å². The summed E-state index contributed by atoms with van der Waals surface area (Å²) in [6, 6.07) is 11.4. The third-order valence-electron chi connectivity index (χ3n) is 2.83. The first kappa shape index (κ1) is 13.6. The average molecular weight is 319 g/mol. The van der Waals surface area contributed by atoms with Crippen molar-refractivity contribution in [2.45, 2.75) is 13.8 Å². The van der Waals surface area contributed by atoms with Gasteiger partial charge in [0.15, 0.2) is 5.78 Å². The highest BCUT2D eigenvalue weighted by molar-refractivity contribution is 9.10. The third-order valence-corrected chi connectivity index (χ3v) is 3.52. The number of rotatable bonds is 3. The zero-order chi connectivity index (χ0) is 14.0. The summed E-state index contributed by atoms with van der Waals surface area (Å²) in [4.78, 5) is 11.5. The topological polar surface area (TPSA) is 55.1 Å². The SMILES string of the molecule is CC(=O)c1cc(Nc2cc(C)ccc2Br)ccc1N. The van der Waals surface area contributed by atoms with Crippen LogP contribution < -0.4 is 11.1 Å². The van der Waals surface area contributed by atoms with Gasteiger partial charge in [0.2, 0.25) is 0 Å². The van der Waals surface area contributed by atoms with E-state index < -0.39 is 0 Å². The zero-order valence-electron chi connectivity index (χ0n) is 10.8. The van der Waals surface area contributed by atoms with Crippen LogP contribution in [-0.4, -0.2) is 5.78 Å². The number of hydrogen-bond acceptors (Lipinski definition) is 3. The third kappa shape index (κ3) is 3.15. The molecule has 2 aromatic carbocycles. The van der Waals surface area contributed by atoms with E-state index in [1.807, 2.05) is 31.2 Å². The molecule has 0 aliphatic carbocycles. The molecule has 0 saturated heterocycles. The molecule has 0 aromatic heterocycles. The number of ketones is 1. The van der Waals surface area contributed by atoms with E-state index in [1.165, 1.54) is 6.92 Å². The van der Waals surface area contributed by atoms with Crippen LogP contribution in [0.3, 0.4) is 0 Å². The number of anilines is 3. The first-order valence-electron chi connectivity index (χ1n) is 5.91. The van der Waals surface area contributed by atoms with Gasteiger partial charge in [-0.15, -0.1) is 0 Å². The normalized spacial score (nSPS) is 10.3. The van der Waals surface area contributed by atoms with Gasteiger partial charge in [-0.2, -0.15) is 0 Å². The number of carbonyl (C=O) groups excluding carboxylic acids is 1. The standard InChI is InChI=1S/C15H15BrN2O/c1-9-3-5-13(16)15(7-9)18-11-4-6-14(17)12(8-11)10(2)19/h3-8,18H,17H2,1-2H3. The van der Waals surface area contributed by atoms with Crippen molar-refractivity contribution >= 4 is 38.8 Å². The van der Waals surface area contributed by atoms with Crippen molar-refractivity contribution < 1.29 is 4.79 Å². The second-order valence-electron chi connectivity index (χ2n) is 4.47. The van der Waals surface area contributed by atoms with Crippen LogP contribution in [-0.2, 0) is 0 Å². The van der Waals surface area contributed by atoms with Crippen LogP contribution in [0, 0.1) is 6.92 Å². The maximum Gasteiger partial charge on any atom is 0.161 e. The lowest BCUT2D eigenvalue weighted by molar-refractivity contribution is 0.101. The number of benzene rings is 2. The molecule has 0 atom stereocenters. The number of aryl methyl sites for hydroxylation is 1. The van der Waals surface area contributed by atoms with Crippen LogP contribution in [0.15, 0.2) is 40.9 Å². The summed E-state index contributed by atoms with van der Waals surface area (Å²) >= 11 is 3.50. The molecule has 3 N–H and O–H groups in total. The van der Waals surface area contributed by atoms with Crippen molar-refractivity contribution in [2.24, 2.45) is 0 Å². The van der Waals surface area contributed by atoms with Crippen LogP contribution in [0.4, 0.5) is 17.1 Å². The number of Topliss-reactive ketones (excluding diaryl/α,β-unsaturated/α-hetero) is 1. The molecule has 0 saturated carbocycles. The minimum atomic E-state index is -0.0375. The molecule has 0 aliphatic heterocycles. The maximum atomic E-state index is 11.5. The van der Waals surface area contributed by atoms with Crippen molar-refractivity contribution in [3.05, 3.63) is 52.0 Å². The number of nitrogens with one attached hydrogen (secondary N) is 1. The van der Waals surface area contributed by atoms with Gasteiger partial charge < -0.3 is 11.1 Å². The smallest absolute Gasteiger partial charge is 0.161 e. The monoisotopic (exact) mass is 318 g/mol. The molecule has 2 rings (SSSR count). The van der Waals surface area contributed by atoms with Crippen molar-refractivity contribution in [2.75, 3.05) is 11.1 Å². The molecule has 0 unspecified atom stereocenters. The van der Waals surface area contributed by atoms with E-state index in [4.69, 9.17) is 5.73 Å². The number of nitrogen functional groups attached to an aromatic ring is 1. The van der Waals surface area contributed by atoms with Gasteiger partial charge in [-0.05, 0) is 65.7 Å². The van der Waals surface area contributed by atoms with Gasteiger partial charge >= 0.3 is 0 Å². The van der Waals surface area contributed by atoms with E-state index in [0.717, 1.165) is 21.4 Å². The highest BCUT2D eigenvalue weighted by Crippen LogP contribution is 2.28. The summed E-state index contributed by atoms with van der Waals surface area (Å²) in [7, 11) is 0. The predicted molar refractivity (Wildman–Crippen MR) is 83.0 cm³/mol. The molecule has 0 radical (unpaired) electrons. The molecule has 19 heavy (non-hydrogen) atoms. The summed E-state index contributed by atoms with van der Waals surface area (Å²) < 4.78 is 0.972. The van der Waals surface area contributed by atoms with Crippen molar-refractivity contribution in [3.63, 3.8) is 0 Å². The van der Waals surface area contributed by atoms with Gasteiger partial charge in [-0.25, -0.2) is 0 Å². The van der Waals surface area contributed by atoms with Gasteiger partial charge in [0.05, 0.1) is 5.69 Å². The van der Waals surface area contributed by atoms with Gasteiger partial charge in [-0.1, -0.05) is 6.07 Å². The second kappa shape index (κ2) is 5.45. The first-order valence-corrected chi connectivity index (χ1v) is 6.70. The van der Waals surface area contributed by atoms with E-state index in [2.05, 4.69) is 21.2 Å². The Kier molecular flexibility index (Phi) is 3.90. The maximum absolute atomic E-state index is 11.5. The molecule has 0 spiro atoms. The Bertz CT molecular complexity index is 638. The average Bonchev–Trinajstić information content (AvgIpc) is 2.36. The van der Waals surface area contributed by atoms with Gasteiger partial charge in [0.1, 0.15) is 0 Å². The first-order chi connectivity index (χ1) is 8.97. The summed E-state index contributed by atoms with van der Waals surface area (Å²) in [5.41, 5.74) is 9.77. The van der Waals surface area contributed by atoms with E-state index in [1.54, 1.807) is 12.1 Å². The lowest BCUT2D eigenvalue weighted by atomic mass is 10.1. The molecule has 4 heteroatoms. The molecule has 2 aromatic rings. The van der Waals surface area contributed by atoms with E-state index in [9.17, 15) is 4.79 Å². The summed E-state index contributed by atoms with van der Waals surface area (Å²) in [5, 5.41) is 3.28. The molecule has 0 fully saturated rings. The van der Waals surface area contributed by atoms with E-state index in [-0.39, 0.29) is 5.78 Å². The fourth-order valence-corrected chi connectivity index (χ4v) is 2.18. The van der Waals surface area contributed by atoms with Crippen LogP contribution in [0.5, 0.6) is 0 Å². The fraction of sp³-hybridized carbons (Fsp3) is 0.133. The minimum Gasteiger partial charge on any atom is -0.398 e. The Labute approximate surface area is 121 Å². The van der Waals surface area contributed by atoms with E-state index in [0.29, 0.717) is 11.3 Å². The molecular weight excluding hydrogens is 304 g/mol. The van der Waals surface area contributed by atoms with Gasteiger partial charge in [-0.3, -0.25) is 4.79 Å². The lowest BCUT2D eigenvalue weighted by Crippen LogP contribution is -2.01.